The van der Waals surface area contributed by atoms with Crippen molar-refractivity contribution in [3.63, 3.8) is 0 Å². The fourth-order valence-electron chi connectivity index (χ4n) is 4.03. The first kappa shape index (κ1) is 24.4. The van der Waals surface area contributed by atoms with Crippen LogP contribution in [0, 0.1) is 0 Å². The molecule has 3 aromatic rings. The fraction of sp³-hybridized carbons (Fsp3) is 0.385. The number of aryl methyl sites for hydroxylation is 1. The molecular formula is C26H30N4O5. The predicted octanol–water partition coefficient (Wildman–Crippen LogP) is 2.77. The number of rotatable bonds is 10. The van der Waals surface area contributed by atoms with Crippen LogP contribution in [0.3, 0.4) is 0 Å². The summed E-state index contributed by atoms with van der Waals surface area (Å²) < 4.78 is 16.4. The molecule has 9 heteroatoms. The topological polar surface area (TPSA) is 107 Å². The molecule has 0 atom stereocenters. The molecule has 0 bridgehead atoms. The Morgan fingerprint density at radius 2 is 1.91 bits per heavy atom. The Morgan fingerprint density at radius 1 is 1.09 bits per heavy atom. The van der Waals surface area contributed by atoms with Gasteiger partial charge in [0.15, 0.2) is 17.3 Å². The Morgan fingerprint density at radius 3 is 2.69 bits per heavy atom. The Bertz CT molecular complexity index is 1230. The molecule has 35 heavy (non-hydrogen) atoms. The number of aromatic amines is 1. The first-order chi connectivity index (χ1) is 17.1. The van der Waals surface area contributed by atoms with Crippen molar-refractivity contribution in [2.24, 2.45) is 0 Å². The molecule has 2 aromatic carbocycles. The van der Waals surface area contributed by atoms with Gasteiger partial charge in [-0.3, -0.25) is 9.59 Å². The van der Waals surface area contributed by atoms with Crippen molar-refractivity contribution in [1.29, 1.82) is 0 Å². The van der Waals surface area contributed by atoms with Crippen LogP contribution >= 0.6 is 0 Å². The maximum Gasteiger partial charge on any atom is 0.273 e. The molecule has 1 aliphatic heterocycles. The summed E-state index contributed by atoms with van der Waals surface area (Å²) in [5.41, 5.74) is 2.98. The monoisotopic (exact) mass is 478 g/mol. The molecule has 0 fully saturated rings. The number of carbonyl (C=O) groups excluding carboxylic acids is 1. The molecule has 1 aromatic heterocycles. The van der Waals surface area contributed by atoms with Crippen molar-refractivity contribution >= 4 is 5.91 Å². The molecule has 0 spiro atoms. The maximum absolute atomic E-state index is 12.7. The highest BCUT2D eigenvalue weighted by molar-refractivity contribution is 5.76. The van der Waals surface area contributed by atoms with Crippen molar-refractivity contribution in [2.45, 2.75) is 32.7 Å². The van der Waals surface area contributed by atoms with Crippen molar-refractivity contribution in [1.82, 2.24) is 20.1 Å². The highest BCUT2D eigenvalue weighted by atomic mass is 16.5. The summed E-state index contributed by atoms with van der Waals surface area (Å²) in [6, 6.07) is 13.4. The minimum absolute atomic E-state index is 0.00874. The molecule has 0 saturated carbocycles. The minimum Gasteiger partial charge on any atom is -0.493 e. The quantitative estimate of drug-likeness (QED) is 0.447. The number of methoxy groups -OCH3 is 1. The third-order valence-electron chi connectivity index (χ3n) is 5.95. The van der Waals surface area contributed by atoms with Gasteiger partial charge in [0.1, 0.15) is 12.3 Å². The lowest BCUT2D eigenvalue weighted by Crippen LogP contribution is -2.36. The fourth-order valence-corrected chi connectivity index (χ4v) is 4.03. The van der Waals surface area contributed by atoms with Crippen LogP contribution in [-0.2, 0) is 28.9 Å². The van der Waals surface area contributed by atoms with Gasteiger partial charge >= 0.3 is 0 Å². The van der Waals surface area contributed by atoms with E-state index < -0.39 is 0 Å². The van der Waals surface area contributed by atoms with Gasteiger partial charge in [0, 0.05) is 38.1 Å². The number of nitrogens with one attached hydrogen (secondary N) is 1. The van der Waals surface area contributed by atoms with Crippen molar-refractivity contribution in [3.8, 4) is 22.9 Å². The Hall–Kier alpha value is -3.72. The highest BCUT2D eigenvalue weighted by Gasteiger charge is 2.21. The summed E-state index contributed by atoms with van der Waals surface area (Å²) in [5.74, 6) is 1.41. The standard InChI is InChI=1S/C26H30N4O5/c1-3-34-14-15-35-22-10-8-19(16-23(22)33-2)25-27-26(32)21(28-29-25)9-11-24(31)30-13-12-18-6-4-5-7-20(18)17-30/h4-8,10,16H,3,9,11-15,17H2,1-2H3,(H,27,29,32). The van der Waals surface area contributed by atoms with Crippen LogP contribution in [0.5, 0.6) is 11.5 Å². The van der Waals surface area contributed by atoms with E-state index in [1.807, 2.05) is 24.0 Å². The van der Waals surface area contributed by atoms with E-state index in [9.17, 15) is 9.59 Å². The maximum atomic E-state index is 12.7. The Kier molecular flexibility index (Phi) is 8.10. The number of aromatic nitrogens is 3. The van der Waals surface area contributed by atoms with Crippen molar-refractivity contribution in [2.75, 3.05) is 33.5 Å². The second kappa shape index (κ2) is 11.6. The summed E-state index contributed by atoms with van der Waals surface area (Å²) in [6.45, 7) is 4.72. The molecule has 9 nitrogen and oxygen atoms in total. The van der Waals surface area contributed by atoms with Gasteiger partial charge in [0.05, 0.1) is 13.7 Å². The molecule has 0 radical (unpaired) electrons. The molecule has 2 heterocycles. The molecule has 0 aliphatic carbocycles. The number of hydrogen-bond acceptors (Lipinski definition) is 7. The molecule has 184 valence electrons. The van der Waals surface area contributed by atoms with Gasteiger partial charge in [0.2, 0.25) is 5.91 Å². The smallest absolute Gasteiger partial charge is 0.273 e. The molecule has 0 saturated heterocycles. The van der Waals surface area contributed by atoms with E-state index in [0.717, 1.165) is 6.42 Å². The van der Waals surface area contributed by atoms with Crippen LogP contribution in [0.2, 0.25) is 0 Å². The van der Waals surface area contributed by atoms with E-state index >= 15 is 0 Å². The van der Waals surface area contributed by atoms with Crippen LogP contribution in [0.25, 0.3) is 11.4 Å². The first-order valence-electron chi connectivity index (χ1n) is 11.8. The van der Waals surface area contributed by atoms with Gasteiger partial charge in [-0.1, -0.05) is 24.3 Å². The summed E-state index contributed by atoms with van der Waals surface area (Å²) in [7, 11) is 1.55. The highest BCUT2D eigenvalue weighted by Crippen LogP contribution is 2.31. The van der Waals surface area contributed by atoms with Crippen LogP contribution < -0.4 is 15.0 Å². The molecule has 0 unspecified atom stereocenters. The molecule has 4 rings (SSSR count). The first-order valence-corrected chi connectivity index (χ1v) is 11.8. The van der Waals surface area contributed by atoms with Gasteiger partial charge in [0.25, 0.3) is 5.56 Å². The summed E-state index contributed by atoms with van der Waals surface area (Å²) in [6.07, 6.45) is 1.28. The SMILES string of the molecule is CCOCCOc1ccc(-c2nnc(CCC(=O)N3CCc4ccccc4C3)c(=O)[nH]2)cc1OC. The third-order valence-corrected chi connectivity index (χ3v) is 5.95. The number of benzene rings is 2. The van der Waals surface area contributed by atoms with Crippen LogP contribution in [0.15, 0.2) is 47.3 Å². The number of hydrogen-bond donors (Lipinski definition) is 1. The zero-order valence-electron chi connectivity index (χ0n) is 20.1. The van der Waals surface area contributed by atoms with E-state index in [2.05, 4.69) is 27.3 Å². The van der Waals surface area contributed by atoms with Gasteiger partial charge in [-0.25, -0.2) is 0 Å². The third kappa shape index (κ3) is 6.05. The van der Waals surface area contributed by atoms with Gasteiger partial charge in [-0.2, -0.15) is 0 Å². The van der Waals surface area contributed by atoms with Crippen LogP contribution in [-0.4, -0.2) is 59.5 Å². The average molecular weight is 479 g/mol. The minimum atomic E-state index is -0.359. The Labute approximate surface area is 204 Å². The zero-order chi connectivity index (χ0) is 24.6. The van der Waals surface area contributed by atoms with Crippen LogP contribution in [0.4, 0.5) is 0 Å². The summed E-state index contributed by atoms with van der Waals surface area (Å²) in [5, 5.41) is 8.28. The number of amides is 1. The molecule has 1 aliphatic rings. The number of fused-ring (bicyclic) bond motifs is 1. The lowest BCUT2D eigenvalue weighted by atomic mass is 9.99. The van der Waals surface area contributed by atoms with Crippen molar-refractivity contribution in [3.05, 3.63) is 69.6 Å². The number of H-pyrrole nitrogens is 1. The largest absolute Gasteiger partial charge is 0.493 e. The van der Waals surface area contributed by atoms with Gasteiger partial charge in [-0.15, -0.1) is 10.2 Å². The molecule has 1 N–H and O–H groups in total. The van der Waals surface area contributed by atoms with E-state index in [1.165, 1.54) is 11.1 Å². The van der Waals surface area contributed by atoms with E-state index in [1.54, 1.807) is 25.3 Å². The van der Waals surface area contributed by atoms with Crippen molar-refractivity contribution < 1.29 is 19.0 Å². The summed E-state index contributed by atoms with van der Waals surface area (Å²) >= 11 is 0. The Balaban J connectivity index is 1.38. The average Bonchev–Trinajstić information content (AvgIpc) is 2.90. The lowest BCUT2D eigenvalue weighted by molar-refractivity contribution is -0.132. The lowest BCUT2D eigenvalue weighted by Gasteiger charge is -2.28. The number of carbonyl (C=O) groups is 1. The predicted molar refractivity (Wildman–Crippen MR) is 131 cm³/mol. The summed E-state index contributed by atoms with van der Waals surface area (Å²) in [4.78, 5) is 30.0. The normalized spacial score (nSPS) is 12.8. The van der Waals surface area contributed by atoms with E-state index in [-0.39, 0.29) is 30.0 Å². The number of nitrogens with zero attached hydrogens (tertiary/aromatic N) is 3. The number of ether oxygens (including phenoxy) is 3. The second-order valence-corrected chi connectivity index (χ2v) is 8.19. The van der Waals surface area contributed by atoms with Crippen LogP contribution in [0.1, 0.15) is 30.2 Å². The zero-order valence-corrected chi connectivity index (χ0v) is 20.1. The van der Waals surface area contributed by atoms with E-state index in [4.69, 9.17) is 14.2 Å². The molecular weight excluding hydrogens is 448 g/mol. The second-order valence-electron chi connectivity index (χ2n) is 8.19. The van der Waals surface area contributed by atoms with Gasteiger partial charge in [-0.05, 0) is 42.7 Å². The van der Waals surface area contributed by atoms with E-state index in [0.29, 0.717) is 55.8 Å². The van der Waals surface area contributed by atoms with Gasteiger partial charge < -0.3 is 24.1 Å². The molecule has 1 amide bonds.